The highest BCUT2D eigenvalue weighted by Crippen LogP contribution is 2.31. The average Bonchev–Trinajstić information content (AvgIpc) is 2.83. The first kappa shape index (κ1) is 26.1. The zero-order valence-electron chi connectivity index (χ0n) is 21.0. The number of ether oxygens (including phenoxy) is 2. The molecule has 7 nitrogen and oxygen atoms in total. The average molecular weight is 497 g/mol. The molecule has 1 amide bonds. The molecule has 3 aromatic carbocycles. The molecule has 0 bridgehead atoms. The number of benzene rings is 3. The highest BCUT2D eigenvalue weighted by molar-refractivity contribution is 7.92. The van der Waals surface area contributed by atoms with Crippen molar-refractivity contribution in [2.45, 2.75) is 38.6 Å². The lowest BCUT2D eigenvalue weighted by Crippen LogP contribution is -2.42. The second kappa shape index (κ2) is 10.8. The Morgan fingerprint density at radius 3 is 2.14 bits per heavy atom. The molecule has 0 fully saturated rings. The van der Waals surface area contributed by atoms with Gasteiger partial charge in [-0.25, -0.2) is 8.42 Å². The van der Waals surface area contributed by atoms with E-state index in [1.54, 1.807) is 56.7 Å². The Bertz CT molecular complexity index is 1300. The molecule has 3 rings (SSSR count). The van der Waals surface area contributed by atoms with Crippen molar-refractivity contribution >= 4 is 21.6 Å². The number of rotatable bonds is 9. The summed E-state index contributed by atoms with van der Waals surface area (Å²) < 4.78 is 39.1. The molecule has 0 spiro atoms. The molecular formula is C27H32N2O5S. The van der Waals surface area contributed by atoms with Gasteiger partial charge in [-0.15, -0.1) is 0 Å². The van der Waals surface area contributed by atoms with Crippen LogP contribution in [0.25, 0.3) is 0 Å². The second-order valence-corrected chi connectivity index (χ2v) is 10.4. The number of nitrogens with zero attached hydrogens (tertiary/aromatic N) is 1. The predicted octanol–water partition coefficient (Wildman–Crippen LogP) is 4.70. The first-order valence-corrected chi connectivity index (χ1v) is 12.7. The largest absolute Gasteiger partial charge is 0.493 e. The standard InChI is InChI=1S/C27H32N2O5S/c1-18-8-12-23(13-9-18)35(31,32)29(24-15-19(2)7-10-20(24)3)17-27(30)28-21(4)22-11-14-25(33-5)26(16-22)34-6/h7-16,21H,17H2,1-6H3,(H,28,30)/t21-/m1/s1. The molecule has 0 aliphatic carbocycles. The third kappa shape index (κ3) is 5.95. The number of hydrogen-bond acceptors (Lipinski definition) is 5. The number of carbonyl (C=O) groups is 1. The van der Waals surface area contributed by atoms with E-state index < -0.39 is 15.9 Å². The summed E-state index contributed by atoms with van der Waals surface area (Å²) in [6.07, 6.45) is 0. The summed E-state index contributed by atoms with van der Waals surface area (Å²) >= 11 is 0. The summed E-state index contributed by atoms with van der Waals surface area (Å²) in [6.45, 7) is 7.07. The van der Waals surface area contributed by atoms with Gasteiger partial charge < -0.3 is 14.8 Å². The third-order valence-corrected chi connectivity index (χ3v) is 7.59. The lowest BCUT2D eigenvalue weighted by atomic mass is 10.1. The van der Waals surface area contributed by atoms with Crippen LogP contribution in [-0.4, -0.2) is 35.1 Å². The van der Waals surface area contributed by atoms with Gasteiger partial charge in [0.25, 0.3) is 10.0 Å². The van der Waals surface area contributed by atoms with Gasteiger partial charge in [0, 0.05) is 0 Å². The summed E-state index contributed by atoms with van der Waals surface area (Å²) in [5, 5.41) is 2.91. The van der Waals surface area contributed by atoms with Crippen molar-refractivity contribution in [1.29, 1.82) is 0 Å². The van der Waals surface area contributed by atoms with E-state index in [0.717, 1.165) is 22.3 Å². The molecule has 0 saturated heterocycles. The van der Waals surface area contributed by atoms with Gasteiger partial charge in [-0.3, -0.25) is 9.10 Å². The first-order valence-electron chi connectivity index (χ1n) is 11.2. The minimum Gasteiger partial charge on any atom is -0.493 e. The quantitative estimate of drug-likeness (QED) is 0.464. The van der Waals surface area contributed by atoms with Crippen LogP contribution in [0, 0.1) is 20.8 Å². The van der Waals surface area contributed by atoms with E-state index in [1.165, 1.54) is 4.31 Å². The van der Waals surface area contributed by atoms with Crippen molar-refractivity contribution in [3.63, 3.8) is 0 Å². The molecule has 0 aliphatic rings. The SMILES string of the molecule is COc1ccc([C@@H](C)NC(=O)CN(c2cc(C)ccc2C)S(=O)(=O)c2ccc(C)cc2)cc1OC. The normalized spacial score (nSPS) is 12.1. The van der Waals surface area contributed by atoms with Gasteiger partial charge in [0.2, 0.25) is 5.91 Å². The molecule has 0 heterocycles. The fourth-order valence-corrected chi connectivity index (χ4v) is 5.23. The van der Waals surface area contributed by atoms with Gasteiger partial charge in [0.05, 0.1) is 30.8 Å². The first-order chi connectivity index (χ1) is 16.6. The van der Waals surface area contributed by atoms with Crippen LogP contribution in [0.4, 0.5) is 5.69 Å². The lowest BCUT2D eigenvalue weighted by Gasteiger charge is -2.27. The van der Waals surface area contributed by atoms with E-state index in [-0.39, 0.29) is 17.5 Å². The molecule has 186 valence electrons. The monoisotopic (exact) mass is 496 g/mol. The van der Waals surface area contributed by atoms with Crippen LogP contribution in [0.5, 0.6) is 11.5 Å². The summed E-state index contributed by atoms with van der Waals surface area (Å²) in [6, 6.07) is 17.2. The van der Waals surface area contributed by atoms with Crippen LogP contribution >= 0.6 is 0 Å². The van der Waals surface area contributed by atoms with Crippen molar-refractivity contribution < 1.29 is 22.7 Å². The Morgan fingerprint density at radius 2 is 1.51 bits per heavy atom. The summed E-state index contributed by atoms with van der Waals surface area (Å²) in [4.78, 5) is 13.3. The van der Waals surface area contributed by atoms with Gasteiger partial charge in [-0.2, -0.15) is 0 Å². The van der Waals surface area contributed by atoms with Crippen LogP contribution < -0.4 is 19.1 Å². The molecule has 0 aliphatic heterocycles. The van der Waals surface area contributed by atoms with E-state index in [2.05, 4.69) is 5.32 Å². The molecule has 1 atom stereocenters. The maximum absolute atomic E-state index is 13.7. The predicted molar refractivity (Wildman–Crippen MR) is 138 cm³/mol. The molecular weight excluding hydrogens is 464 g/mol. The van der Waals surface area contributed by atoms with Crippen LogP contribution in [0.2, 0.25) is 0 Å². The molecule has 3 aromatic rings. The zero-order valence-corrected chi connectivity index (χ0v) is 21.8. The number of hydrogen-bond donors (Lipinski definition) is 1. The maximum atomic E-state index is 13.7. The van der Waals surface area contributed by atoms with E-state index in [4.69, 9.17) is 9.47 Å². The van der Waals surface area contributed by atoms with Crippen molar-refractivity contribution in [2.75, 3.05) is 25.1 Å². The Kier molecular flexibility index (Phi) is 8.07. The van der Waals surface area contributed by atoms with E-state index >= 15 is 0 Å². The fraction of sp³-hybridized carbons (Fsp3) is 0.296. The number of methoxy groups -OCH3 is 2. The van der Waals surface area contributed by atoms with Gasteiger partial charge in [-0.05, 0) is 74.7 Å². The highest BCUT2D eigenvalue weighted by Gasteiger charge is 2.29. The van der Waals surface area contributed by atoms with Gasteiger partial charge in [0.15, 0.2) is 11.5 Å². The Hall–Kier alpha value is -3.52. The minimum atomic E-state index is -3.99. The molecule has 35 heavy (non-hydrogen) atoms. The fourth-order valence-electron chi connectivity index (χ4n) is 3.75. The van der Waals surface area contributed by atoms with Gasteiger partial charge >= 0.3 is 0 Å². The number of anilines is 1. The zero-order chi connectivity index (χ0) is 25.8. The van der Waals surface area contributed by atoms with E-state index in [0.29, 0.717) is 17.2 Å². The Labute approximate surface area is 207 Å². The van der Waals surface area contributed by atoms with Crippen LogP contribution in [0.15, 0.2) is 65.6 Å². The molecule has 0 unspecified atom stereocenters. The number of aryl methyl sites for hydroxylation is 3. The summed E-state index contributed by atoms with van der Waals surface area (Å²) in [5.74, 6) is 0.703. The van der Waals surface area contributed by atoms with Gasteiger partial charge in [0.1, 0.15) is 6.54 Å². The number of amides is 1. The molecule has 1 N–H and O–H groups in total. The van der Waals surface area contributed by atoms with Crippen LogP contribution in [0.3, 0.4) is 0 Å². The van der Waals surface area contributed by atoms with Crippen LogP contribution in [0.1, 0.15) is 35.2 Å². The Balaban J connectivity index is 1.92. The minimum absolute atomic E-state index is 0.129. The van der Waals surface area contributed by atoms with E-state index in [1.807, 2.05) is 45.9 Å². The second-order valence-electron chi connectivity index (χ2n) is 8.52. The van der Waals surface area contributed by atoms with Gasteiger partial charge in [-0.1, -0.05) is 35.9 Å². The lowest BCUT2D eigenvalue weighted by molar-refractivity contribution is -0.120. The third-order valence-electron chi connectivity index (χ3n) is 5.81. The number of carbonyl (C=O) groups excluding carboxylic acids is 1. The number of sulfonamides is 1. The smallest absolute Gasteiger partial charge is 0.264 e. The van der Waals surface area contributed by atoms with Crippen molar-refractivity contribution in [3.8, 4) is 11.5 Å². The maximum Gasteiger partial charge on any atom is 0.264 e. The van der Waals surface area contributed by atoms with Crippen molar-refractivity contribution in [3.05, 3.63) is 82.9 Å². The molecule has 0 aromatic heterocycles. The topological polar surface area (TPSA) is 84.9 Å². The number of nitrogens with one attached hydrogen (secondary N) is 1. The van der Waals surface area contributed by atoms with Crippen molar-refractivity contribution in [2.24, 2.45) is 0 Å². The van der Waals surface area contributed by atoms with Crippen molar-refractivity contribution in [1.82, 2.24) is 5.32 Å². The van der Waals surface area contributed by atoms with Crippen LogP contribution in [-0.2, 0) is 14.8 Å². The molecule has 0 saturated carbocycles. The Morgan fingerprint density at radius 1 is 0.886 bits per heavy atom. The molecule has 0 radical (unpaired) electrons. The highest BCUT2D eigenvalue weighted by atomic mass is 32.2. The molecule has 8 heteroatoms. The summed E-state index contributed by atoms with van der Waals surface area (Å²) in [5.41, 5.74) is 3.87. The van der Waals surface area contributed by atoms with E-state index in [9.17, 15) is 13.2 Å². The summed E-state index contributed by atoms with van der Waals surface area (Å²) in [7, 11) is -0.890.